The topological polar surface area (TPSA) is 53.1 Å². The summed E-state index contributed by atoms with van der Waals surface area (Å²) in [7, 11) is 3.31. The molecule has 7 heteroatoms. The van der Waals surface area contributed by atoms with Crippen molar-refractivity contribution in [1.82, 2.24) is 9.55 Å². The predicted octanol–water partition coefficient (Wildman–Crippen LogP) is 2.63. The molecule has 0 spiro atoms. The fraction of sp³-hybridized carbons (Fsp3) is 0.462. The Morgan fingerprint density at radius 3 is 2.70 bits per heavy atom. The number of aryl methyl sites for hydroxylation is 1. The number of methoxy groups -OCH3 is 1. The number of benzene rings is 1. The lowest BCUT2D eigenvalue weighted by Gasteiger charge is -2.10. The molecule has 2 N–H and O–H groups in total. The molecule has 1 aromatic heterocycles. The zero-order chi connectivity index (χ0) is 14.9. The van der Waals surface area contributed by atoms with Gasteiger partial charge in [0.25, 0.3) is 0 Å². The summed E-state index contributed by atoms with van der Waals surface area (Å²) in [5.41, 5.74) is 6.20. The van der Waals surface area contributed by atoms with E-state index in [0.717, 1.165) is 12.1 Å². The van der Waals surface area contributed by atoms with E-state index in [0.29, 0.717) is 29.9 Å². The van der Waals surface area contributed by atoms with E-state index >= 15 is 0 Å². The molecule has 1 aromatic carbocycles. The maximum Gasteiger partial charge on any atom is 0.416 e. The molecule has 2 aromatic rings. The average molecular weight is 287 g/mol. The first-order valence-corrected chi connectivity index (χ1v) is 6.12. The highest BCUT2D eigenvalue weighted by atomic mass is 19.4. The molecule has 0 aliphatic rings. The summed E-state index contributed by atoms with van der Waals surface area (Å²) in [6.45, 7) is 0.470. The molecule has 1 heterocycles. The molecule has 0 aliphatic heterocycles. The molecule has 0 amide bonds. The van der Waals surface area contributed by atoms with Gasteiger partial charge in [-0.2, -0.15) is 13.2 Å². The molecule has 1 atom stereocenters. The summed E-state index contributed by atoms with van der Waals surface area (Å²) in [5.74, 6) is 0.552. The van der Waals surface area contributed by atoms with Gasteiger partial charge in [0.15, 0.2) is 0 Å². The highest BCUT2D eigenvalue weighted by Gasteiger charge is 2.31. The van der Waals surface area contributed by atoms with Gasteiger partial charge in [-0.05, 0) is 24.6 Å². The first kappa shape index (κ1) is 14.8. The van der Waals surface area contributed by atoms with Crippen LogP contribution in [-0.4, -0.2) is 23.3 Å². The van der Waals surface area contributed by atoms with Gasteiger partial charge >= 0.3 is 6.18 Å². The number of fused-ring (bicyclic) bond motifs is 1. The van der Waals surface area contributed by atoms with Gasteiger partial charge in [-0.15, -0.1) is 0 Å². The highest BCUT2D eigenvalue weighted by molar-refractivity contribution is 5.77. The number of hydrogen-bond donors (Lipinski definition) is 1. The van der Waals surface area contributed by atoms with E-state index in [1.807, 2.05) is 0 Å². The van der Waals surface area contributed by atoms with Gasteiger partial charge < -0.3 is 15.0 Å². The zero-order valence-corrected chi connectivity index (χ0v) is 11.2. The number of rotatable bonds is 4. The van der Waals surface area contributed by atoms with Crippen LogP contribution >= 0.6 is 0 Å². The van der Waals surface area contributed by atoms with Crippen LogP contribution in [0.2, 0.25) is 0 Å². The minimum atomic E-state index is -4.37. The van der Waals surface area contributed by atoms with E-state index in [1.54, 1.807) is 18.7 Å². The number of aromatic nitrogens is 2. The van der Waals surface area contributed by atoms with Gasteiger partial charge in [-0.1, -0.05) is 0 Å². The second-order valence-electron chi connectivity index (χ2n) is 4.62. The van der Waals surface area contributed by atoms with Gasteiger partial charge in [0.05, 0.1) is 22.6 Å². The number of hydrogen-bond acceptors (Lipinski definition) is 3. The molecule has 20 heavy (non-hydrogen) atoms. The molecule has 0 bridgehead atoms. The third-order valence-corrected chi connectivity index (χ3v) is 3.21. The third-order valence-electron chi connectivity index (χ3n) is 3.21. The van der Waals surface area contributed by atoms with Crippen LogP contribution in [0.25, 0.3) is 11.0 Å². The summed E-state index contributed by atoms with van der Waals surface area (Å²) in [5, 5.41) is 0. The lowest BCUT2D eigenvalue weighted by molar-refractivity contribution is -0.137. The Morgan fingerprint density at radius 2 is 2.10 bits per heavy atom. The second-order valence-corrected chi connectivity index (χ2v) is 4.62. The van der Waals surface area contributed by atoms with Crippen molar-refractivity contribution in [1.29, 1.82) is 0 Å². The lowest BCUT2D eigenvalue weighted by atomic mass is 10.2. The molecular weight excluding hydrogens is 271 g/mol. The number of nitrogens with two attached hydrogens (primary N) is 1. The van der Waals surface area contributed by atoms with E-state index in [4.69, 9.17) is 10.5 Å². The quantitative estimate of drug-likeness (QED) is 0.940. The maximum atomic E-state index is 12.7. The van der Waals surface area contributed by atoms with Crippen molar-refractivity contribution in [3.8, 4) is 0 Å². The summed E-state index contributed by atoms with van der Waals surface area (Å²) >= 11 is 0. The van der Waals surface area contributed by atoms with Crippen molar-refractivity contribution in [3.63, 3.8) is 0 Å². The Bertz CT molecular complexity index is 607. The van der Waals surface area contributed by atoms with Crippen LogP contribution < -0.4 is 5.73 Å². The van der Waals surface area contributed by atoms with Crippen molar-refractivity contribution < 1.29 is 17.9 Å². The Hall–Kier alpha value is -1.60. The molecule has 0 fully saturated rings. The second kappa shape index (κ2) is 5.41. The lowest BCUT2D eigenvalue weighted by Crippen LogP contribution is -2.17. The van der Waals surface area contributed by atoms with Gasteiger partial charge in [-0.3, -0.25) is 0 Å². The summed E-state index contributed by atoms with van der Waals surface area (Å²) in [6.07, 6.45) is -3.82. The molecule has 0 saturated heterocycles. The smallest absolute Gasteiger partial charge is 0.385 e. The van der Waals surface area contributed by atoms with Gasteiger partial charge in [0.1, 0.15) is 5.82 Å². The largest absolute Gasteiger partial charge is 0.416 e. The molecule has 110 valence electrons. The average Bonchev–Trinajstić information content (AvgIpc) is 2.72. The Morgan fingerprint density at radius 1 is 1.40 bits per heavy atom. The fourth-order valence-electron chi connectivity index (χ4n) is 2.10. The molecule has 0 saturated carbocycles. The third kappa shape index (κ3) is 2.78. The van der Waals surface area contributed by atoms with E-state index in [9.17, 15) is 13.2 Å². The number of ether oxygens (including phenoxy) is 1. The Balaban J connectivity index is 2.42. The standard InChI is InChI=1S/C13H16F3N3O/c1-19-11-4-3-8(13(14,15)16)7-10(11)18-12(19)9(17)5-6-20-2/h3-4,7,9H,5-6,17H2,1-2H3. The molecule has 1 unspecified atom stereocenters. The zero-order valence-electron chi connectivity index (χ0n) is 11.2. The number of nitrogens with zero attached hydrogens (tertiary/aromatic N) is 2. The minimum Gasteiger partial charge on any atom is -0.385 e. The first-order valence-electron chi connectivity index (χ1n) is 6.12. The fourth-order valence-corrected chi connectivity index (χ4v) is 2.10. The monoisotopic (exact) mass is 287 g/mol. The SMILES string of the molecule is COCCC(N)c1nc2cc(C(F)(F)F)ccc2n1C. The van der Waals surface area contributed by atoms with Crippen molar-refractivity contribution in [2.75, 3.05) is 13.7 Å². The van der Waals surface area contributed by atoms with Crippen molar-refractivity contribution in [2.45, 2.75) is 18.6 Å². The van der Waals surface area contributed by atoms with Gasteiger partial charge in [0, 0.05) is 20.8 Å². The number of imidazole rings is 1. The van der Waals surface area contributed by atoms with E-state index in [1.165, 1.54) is 6.07 Å². The minimum absolute atomic E-state index is 0.296. The molecule has 4 nitrogen and oxygen atoms in total. The van der Waals surface area contributed by atoms with Crippen LogP contribution in [0, 0.1) is 0 Å². The van der Waals surface area contributed by atoms with Crippen LogP contribution in [0.4, 0.5) is 13.2 Å². The predicted molar refractivity (Wildman–Crippen MR) is 69.1 cm³/mol. The van der Waals surface area contributed by atoms with Crippen LogP contribution in [-0.2, 0) is 18.0 Å². The van der Waals surface area contributed by atoms with E-state index in [-0.39, 0.29) is 6.04 Å². The van der Waals surface area contributed by atoms with Crippen LogP contribution in [0.5, 0.6) is 0 Å². The summed E-state index contributed by atoms with van der Waals surface area (Å²) in [4.78, 5) is 4.22. The van der Waals surface area contributed by atoms with Crippen LogP contribution in [0.15, 0.2) is 18.2 Å². The molecular formula is C13H16F3N3O. The van der Waals surface area contributed by atoms with Crippen molar-refractivity contribution in [3.05, 3.63) is 29.6 Å². The van der Waals surface area contributed by atoms with Gasteiger partial charge in [-0.25, -0.2) is 4.98 Å². The number of alkyl halides is 3. The Kier molecular flexibility index (Phi) is 4.01. The van der Waals surface area contributed by atoms with Crippen molar-refractivity contribution in [2.24, 2.45) is 12.8 Å². The molecule has 0 aliphatic carbocycles. The van der Waals surface area contributed by atoms with E-state index < -0.39 is 11.7 Å². The first-order chi connectivity index (χ1) is 9.34. The van der Waals surface area contributed by atoms with Crippen LogP contribution in [0.1, 0.15) is 23.9 Å². The Labute approximate surface area is 114 Å². The van der Waals surface area contributed by atoms with Crippen LogP contribution in [0.3, 0.4) is 0 Å². The molecule has 2 rings (SSSR count). The van der Waals surface area contributed by atoms with E-state index in [2.05, 4.69) is 4.98 Å². The number of halogens is 3. The van der Waals surface area contributed by atoms with Crippen molar-refractivity contribution >= 4 is 11.0 Å². The van der Waals surface area contributed by atoms with Gasteiger partial charge in [0.2, 0.25) is 0 Å². The summed E-state index contributed by atoms with van der Waals surface area (Å²) < 4.78 is 44.7. The molecule has 0 radical (unpaired) electrons. The maximum absolute atomic E-state index is 12.7. The normalized spacial score (nSPS) is 13.9. The highest BCUT2D eigenvalue weighted by Crippen LogP contribution is 2.31. The summed E-state index contributed by atoms with van der Waals surface area (Å²) in [6, 6.07) is 3.13.